The first-order valence-electron chi connectivity index (χ1n) is 4.74. The van der Waals surface area contributed by atoms with Gasteiger partial charge in [0.1, 0.15) is 10.7 Å². The van der Waals surface area contributed by atoms with Crippen LogP contribution in [0, 0.1) is 6.92 Å². The predicted octanol–water partition coefficient (Wildman–Crippen LogP) is 3.61. The van der Waals surface area contributed by atoms with Crippen LogP contribution in [0.5, 0.6) is 0 Å². The van der Waals surface area contributed by atoms with E-state index in [1.54, 1.807) is 10.9 Å². The second kappa shape index (κ2) is 4.81. The van der Waals surface area contributed by atoms with Gasteiger partial charge in [-0.05, 0) is 6.92 Å². The summed E-state index contributed by atoms with van der Waals surface area (Å²) < 4.78 is 1.78. The number of pyridine rings is 1. The highest BCUT2D eigenvalue weighted by molar-refractivity contribution is 6.38. The quantitative estimate of drug-likeness (QED) is 0.665. The van der Waals surface area contributed by atoms with Gasteiger partial charge in [-0.1, -0.05) is 37.0 Å². The molecule has 0 fully saturated rings. The molecule has 0 radical (unpaired) electrons. The number of imidazole rings is 1. The van der Waals surface area contributed by atoms with Crippen LogP contribution in [0.4, 0.5) is 0 Å². The third-order valence-corrected chi connectivity index (χ3v) is 2.79. The van der Waals surface area contributed by atoms with Crippen molar-refractivity contribution >= 4 is 34.4 Å². The average molecular weight is 246 g/mol. The summed E-state index contributed by atoms with van der Waals surface area (Å²) in [5, 5.41) is 1.01. The monoisotopic (exact) mass is 245 g/mol. The number of rotatable bonds is 0. The van der Waals surface area contributed by atoms with Gasteiger partial charge in [0, 0.05) is 12.6 Å². The molecule has 0 aromatic carbocycles. The Kier molecular flexibility index (Phi) is 3.94. The molecule has 2 heterocycles. The van der Waals surface area contributed by atoms with Crippen LogP contribution >= 0.6 is 23.2 Å². The SMILES string of the molecule is CC.Cc1c(Cl)nc2c(ncn2C)c1Cl. The van der Waals surface area contributed by atoms with Crippen molar-refractivity contribution in [1.82, 2.24) is 14.5 Å². The van der Waals surface area contributed by atoms with Crippen LogP contribution in [0.3, 0.4) is 0 Å². The zero-order chi connectivity index (χ0) is 11.6. The Bertz CT molecular complexity index is 477. The molecule has 0 amide bonds. The van der Waals surface area contributed by atoms with Crippen molar-refractivity contribution in [3.8, 4) is 0 Å². The Hall–Kier alpha value is -0.800. The standard InChI is InChI=1S/C8H7Cl2N3.C2H6/c1-4-5(9)6-8(12-7(4)10)13(2)3-11-6;1-2/h3H,1-2H3;1-2H3. The van der Waals surface area contributed by atoms with Gasteiger partial charge in [0.2, 0.25) is 0 Å². The molecule has 15 heavy (non-hydrogen) atoms. The molecule has 0 spiro atoms. The minimum Gasteiger partial charge on any atom is -0.318 e. The molecule has 3 nitrogen and oxygen atoms in total. The lowest BCUT2D eigenvalue weighted by Gasteiger charge is -2.01. The van der Waals surface area contributed by atoms with E-state index in [9.17, 15) is 0 Å². The topological polar surface area (TPSA) is 30.7 Å². The van der Waals surface area contributed by atoms with E-state index in [4.69, 9.17) is 23.2 Å². The molecular weight excluding hydrogens is 233 g/mol. The van der Waals surface area contributed by atoms with Crippen molar-refractivity contribution in [2.75, 3.05) is 0 Å². The van der Waals surface area contributed by atoms with Gasteiger partial charge in [-0.3, -0.25) is 0 Å². The van der Waals surface area contributed by atoms with Crippen molar-refractivity contribution in [1.29, 1.82) is 0 Å². The van der Waals surface area contributed by atoms with Crippen LogP contribution in [0.25, 0.3) is 11.2 Å². The Morgan fingerprint density at radius 2 is 1.87 bits per heavy atom. The van der Waals surface area contributed by atoms with Crippen LogP contribution in [0.1, 0.15) is 19.4 Å². The van der Waals surface area contributed by atoms with Gasteiger partial charge in [0.15, 0.2) is 5.65 Å². The summed E-state index contributed by atoms with van der Waals surface area (Å²) in [6.07, 6.45) is 1.67. The molecule has 2 rings (SSSR count). The fourth-order valence-electron chi connectivity index (χ4n) is 1.16. The molecule has 82 valence electrons. The summed E-state index contributed by atoms with van der Waals surface area (Å²) >= 11 is 11.9. The molecule has 2 aromatic heterocycles. The van der Waals surface area contributed by atoms with E-state index in [1.807, 2.05) is 27.8 Å². The van der Waals surface area contributed by atoms with Gasteiger partial charge in [-0.25, -0.2) is 9.97 Å². The number of nitrogens with zero attached hydrogens (tertiary/aromatic N) is 3. The number of aryl methyl sites for hydroxylation is 1. The normalized spacial score (nSPS) is 10.0. The van der Waals surface area contributed by atoms with E-state index in [2.05, 4.69) is 9.97 Å². The van der Waals surface area contributed by atoms with Crippen LogP contribution in [0.2, 0.25) is 10.2 Å². The molecule has 0 saturated heterocycles. The van der Waals surface area contributed by atoms with E-state index in [0.717, 1.165) is 5.56 Å². The third-order valence-electron chi connectivity index (χ3n) is 1.96. The Morgan fingerprint density at radius 3 is 2.47 bits per heavy atom. The van der Waals surface area contributed by atoms with E-state index in [0.29, 0.717) is 21.3 Å². The van der Waals surface area contributed by atoms with Gasteiger partial charge in [0.25, 0.3) is 0 Å². The molecule has 0 aliphatic carbocycles. The highest BCUT2D eigenvalue weighted by Crippen LogP contribution is 2.28. The molecular formula is C10H13Cl2N3. The fourth-order valence-corrected chi connectivity index (χ4v) is 1.60. The van der Waals surface area contributed by atoms with Gasteiger partial charge in [-0.2, -0.15) is 0 Å². The summed E-state index contributed by atoms with van der Waals surface area (Å²) in [5.41, 5.74) is 2.18. The second-order valence-electron chi connectivity index (χ2n) is 2.87. The maximum absolute atomic E-state index is 6.04. The Morgan fingerprint density at radius 1 is 1.27 bits per heavy atom. The van der Waals surface area contributed by atoms with Gasteiger partial charge in [0.05, 0.1) is 11.3 Å². The molecule has 0 aliphatic rings. The first kappa shape index (κ1) is 12.3. The lowest BCUT2D eigenvalue weighted by atomic mass is 10.3. The molecule has 0 N–H and O–H groups in total. The lowest BCUT2D eigenvalue weighted by molar-refractivity contribution is 0.930. The van der Waals surface area contributed by atoms with E-state index in [-0.39, 0.29) is 0 Å². The van der Waals surface area contributed by atoms with Crippen LogP contribution in [-0.4, -0.2) is 14.5 Å². The Balaban J connectivity index is 0.000000531. The van der Waals surface area contributed by atoms with Crippen LogP contribution in [0.15, 0.2) is 6.33 Å². The van der Waals surface area contributed by atoms with Crippen molar-refractivity contribution in [3.05, 3.63) is 22.1 Å². The van der Waals surface area contributed by atoms with Crippen LogP contribution in [-0.2, 0) is 7.05 Å². The summed E-state index contributed by atoms with van der Waals surface area (Å²) in [7, 11) is 1.85. The van der Waals surface area contributed by atoms with Crippen molar-refractivity contribution in [3.63, 3.8) is 0 Å². The van der Waals surface area contributed by atoms with Crippen molar-refractivity contribution in [2.24, 2.45) is 7.05 Å². The van der Waals surface area contributed by atoms with Crippen molar-refractivity contribution in [2.45, 2.75) is 20.8 Å². The second-order valence-corrected chi connectivity index (χ2v) is 3.61. The first-order chi connectivity index (χ1) is 7.11. The largest absolute Gasteiger partial charge is 0.318 e. The van der Waals surface area contributed by atoms with E-state index >= 15 is 0 Å². The number of aromatic nitrogens is 3. The van der Waals surface area contributed by atoms with Gasteiger partial charge in [-0.15, -0.1) is 0 Å². The van der Waals surface area contributed by atoms with Crippen molar-refractivity contribution < 1.29 is 0 Å². The number of hydrogen-bond acceptors (Lipinski definition) is 2. The molecule has 0 bridgehead atoms. The molecule has 0 atom stereocenters. The molecule has 0 saturated carbocycles. The number of fused-ring (bicyclic) bond motifs is 1. The summed E-state index contributed by atoms with van der Waals surface area (Å²) in [5.74, 6) is 0. The predicted molar refractivity (Wildman–Crippen MR) is 64.6 cm³/mol. The summed E-state index contributed by atoms with van der Waals surface area (Å²) in [6, 6.07) is 0. The van der Waals surface area contributed by atoms with Gasteiger partial charge >= 0.3 is 0 Å². The fraction of sp³-hybridized carbons (Fsp3) is 0.400. The Labute approximate surface area is 99.0 Å². The lowest BCUT2D eigenvalue weighted by Crippen LogP contribution is -1.91. The molecule has 5 heteroatoms. The minimum absolute atomic E-state index is 0.432. The number of hydrogen-bond donors (Lipinski definition) is 0. The average Bonchev–Trinajstić information content (AvgIpc) is 2.61. The van der Waals surface area contributed by atoms with E-state index < -0.39 is 0 Å². The zero-order valence-electron chi connectivity index (χ0n) is 9.17. The zero-order valence-corrected chi connectivity index (χ0v) is 10.7. The third kappa shape index (κ3) is 2.08. The summed E-state index contributed by atoms with van der Waals surface area (Å²) in [6.45, 7) is 5.83. The highest BCUT2D eigenvalue weighted by Gasteiger charge is 2.11. The summed E-state index contributed by atoms with van der Waals surface area (Å²) in [4.78, 5) is 8.31. The van der Waals surface area contributed by atoms with Gasteiger partial charge < -0.3 is 4.57 Å². The first-order valence-corrected chi connectivity index (χ1v) is 5.49. The maximum atomic E-state index is 6.04. The van der Waals surface area contributed by atoms with E-state index in [1.165, 1.54) is 0 Å². The van der Waals surface area contributed by atoms with Crippen LogP contribution < -0.4 is 0 Å². The smallest absolute Gasteiger partial charge is 0.162 e. The molecule has 0 unspecified atom stereocenters. The molecule has 0 aliphatic heterocycles. The molecule has 2 aromatic rings. The number of halogens is 2. The maximum Gasteiger partial charge on any atom is 0.162 e. The minimum atomic E-state index is 0.432. The highest BCUT2D eigenvalue weighted by atomic mass is 35.5.